The zero-order chi connectivity index (χ0) is 20.5. The molecule has 5 rings (SSSR count). The highest BCUT2D eigenvalue weighted by Gasteiger charge is 2.24. The number of rotatable bonds is 4. The number of ether oxygens (including phenoxy) is 2. The third kappa shape index (κ3) is 4.08. The van der Waals surface area contributed by atoms with E-state index in [1.165, 1.54) is 25.7 Å². The normalized spacial score (nSPS) is 19.9. The van der Waals surface area contributed by atoms with Crippen molar-refractivity contribution in [2.45, 2.75) is 39.5 Å². The molecule has 30 heavy (non-hydrogen) atoms. The van der Waals surface area contributed by atoms with Crippen LogP contribution in [0.3, 0.4) is 0 Å². The van der Waals surface area contributed by atoms with E-state index in [4.69, 9.17) is 24.4 Å². The van der Waals surface area contributed by atoms with Gasteiger partial charge < -0.3 is 24.6 Å². The van der Waals surface area contributed by atoms with Crippen molar-refractivity contribution in [2.75, 3.05) is 48.1 Å². The van der Waals surface area contributed by atoms with Crippen LogP contribution in [0.1, 0.15) is 39.5 Å². The van der Waals surface area contributed by atoms with Crippen LogP contribution in [0.5, 0.6) is 11.5 Å². The van der Waals surface area contributed by atoms with Crippen molar-refractivity contribution in [3.8, 4) is 11.5 Å². The van der Waals surface area contributed by atoms with E-state index in [1.807, 2.05) is 18.2 Å². The second-order valence-electron chi connectivity index (χ2n) is 8.79. The summed E-state index contributed by atoms with van der Waals surface area (Å²) in [4.78, 5) is 19.0. The van der Waals surface area contributed by atoms with Gasteiger partial charge in [0.25, 0.3) is 0 Å². The van der Waals surface area contributed by atoms with Crippen LogP contribution in [0.25, 0.3) is 0 Å². The smallest absolute Gasteiger partial charge is 0.233 e. The lowest BCUT2D eigenvalue weighted by Crippen LogP contribution is -2.37. The molecule has 2 aromatic rings. The van der Waals surface area contributed by atoms with E-state index >= 15 is 0 Å². The van der Waals surface area contributed by atoms with Gasteiger partial charge in [-0.15, -0.1) is 0 Å². The molecule has 8 heteroatoms. The zero-order valence-corrected chi connectivity index (χ0v) is 17.8. The van der Waals surface area contributed by atoms with Crippen molar-refractivity contribution in [3.63, 3.8) is 0 Å². The molecular weight excluding hydrogens is 380 g/mol. The number of nitrogens with one attached hydrogen (secondary N) is 1. The van der Waals surface area contributed by atoms with Gasteiger partial charge >= 0.3 is 0 Å². The predicted molar refractivity (Wildman–Crippen MR) is 117 cm³/mol. The lowest BCUT2D eigenvalue weighted by molar-refractivity contribution is 0.174. The highest BCUT2D eigenvalue weighted by Crippen LogP contribution is 2.35. The van der Waals surface area contributed by atoms with E-state index in [-0.39, 0.29) is 6.79 Å². The second-order valence-corrected chi connectivity index (χ2v) is 8.79. The minimum atomic E-state index is 0.263. The standard InChI is InChI=1S/C22H30N6O2/c1-15-5-9-27(10-6-15)21-24-20(23-17-3-4-18-19(13-17)30-14-29-18)25-22(26-21)28-11-7-16(2)8-12-28/h3-4,13,15-16H,5-12,14H2,1-2H3,(H,23,24,25,26). The summed E-state index contributed by atoms with van der Waals surface area (Å²) in [6, 6.07) is 5.80. The Hall–Kier alpha value is -2.77. The Bertz CT molecular complexity index is 851. The first-order valence-electron chi connectivity index (χ1n) is 11.1. The molecule has 8 nitrogen and oxygen atoms in total. The number of anilines is 4. The molecular formula is C22H30N6O2. The summed E-state index contributed by atoms with van der Waals surface area (Å²) in [5.41, 5.74) is 0.877. The van der Waals surface area contributed by atoms with E-state index in [1.54, 1.807) is 0 Å². The Morgan fingerprint density at radius 2 is 1.37 bits per heavy atom. The van der Waals surface area contributed by atoms with E-state index in [0.717, 1.165) is 67.1 Å². The minimum Gasteiger partial charge on any atom is -0.454 e. The van der Waals surface area contributed by atoms with E-state index in [0.29, 0.717) is 5.95 Å². The average molecular weight is 411 g/mol. The molecule has 3 aliphatic heterocycles. The molecule has 2 fully saturated rings. The van der Waals surface area contributed by atoms with Crippen LogP contribution >= 0.6 is 0 Å². The Morgan fingerprint density at radius 1 is 0.800 bits per heavy atom. The summed E-state index contributed by atoms with van der Waals surface area (Å²) in [7, 11) is 0. The van der Waals surface area contributed by atoms with Gasteiger partial charge in [0.05, 0.1) is 0 Å². The fourth-order valence-electron chi connectivity index (χ4n) is 4.21. The molecule has 4 heterocycles. The summed E-state index contributed by atoms with van der Waals surface area (Å²) in [5, 5.41) is 3.36. The van der Waals surface area contributed by atoms with Gasteiger partial charge in [0.15, 0.2) is 11.5 Å². The van der Waals surface area contributed by atoms with Gasteiger partial charge in [-0.2, -0.15) is 15.0 Å². The predicted octanol–water partition coefficient (Wildman–Crippen LogP) is 3.82. The number of benzene rings is 1. The van der Waals surface area contributed by atoms with Gasteiger partial charge in [0, 0.05) is 37.9 Å². The minimum absolute atomic E-state index is 0.263. The number of hydrogen-bond donors (Lipinski definition) is 1. The second kappa shape index (κ2) is 8.16. The van der Waals surface area contributed by atoms with Crippen molar-refractivity contribution in [2.24, 2.45) is 11.8 Å². The van der Waals surface area contributed by atoms with Crippen LogP contribution in [0, 0.1) is 11.8 Å². The maximum Gasteiger partial charge on any atom is 0.233 e. The molecule has 1 aromatic heterocycles. The van der Waals surface area contributed by atoms with Gasteiger partial charge in [-0.3, -0.25) is 0 Å². The van der Waals surface area contributed by atoms with Crippen LogP contribution in [0.2, 0.25) is 0 Å². The Labute approximate surface area is 177 Å². The molecule has 0 atom stereocenters. The monoisotopic (exact) mass is 410 g/mol. The molecule has 1 aromatic carbocycles. The van der Waals surface area contributed by atoms with Crippen molar-refractivity contribution in [1.29, 1.82) is 0 Å². The topological polar surface area (TPSA) is 75.6 Å². The van der Waals surface area contributed by atoms with Gasteiger partial charge in [-0.05, 0) is 49.7 Å². The van der Waals surface area contributed by atoms with Crippen molar-refractivity contribution >= 4 is 23.5 Å². The largest absolute Gasteiger partial charge is 0.454 e. The van der Waals surface area contributed by atoms with E-state index in [2.05, 4.69) is 29.0 Å². The van der Waals surface area contributed by atoms with E-state index < -0.39 is 0 Å². The van der Waals surface area contributed by atoms with Crippen LogP contribution in [0.4, 0.5) is 23.5 Å². The fourth-order valence-corrected chi connectivity index (χ4v) is 4.21. The Morgan fingerprint density at radius 3 is 1.97 bits per heavy atom. The molecule has 0 unspecified atom stereocenters. The number of nitrogens with zero attached hydrogens (tertiary/aromatic N) is 5. The lowest BCUT2D eigenvalue weighted by atomic mass is 9.99. The molecule has 1 N–H and O–H groups in total. The first kappa shape index (κ1) is 19.2. The van der Waals surface area contributed by atoms with Gasteiger partial charge in [0.2, 0.25) is 24.6 Å². The number of hydrogen-bond acceptors (Lipinski definition) is 8. The fraction of sp³-hybridized carbons (Fsp3) is 0.591. The lowest BCUT2D eigenvalue weighted by Gasteiger charge is -2.33. The number of fused-ring (bicyclic) bond motifs is 1. The quantitative estimate of drug-likeness (QED) is 0.815. The molecule has 0 amide bonds. The molecule has 0 spiro atoms. The third-order valence-electron chi connectivity index (χ3n) is 6.37. The summed E-state index contributed by atoms with van der Waals surface area (Å²) in [5.74, 6) is 5.15. The summed E-state index contributed by atoms with van der Waals surface area (Å²) in [6.07, 6.45) is 4.70. The maximum atomic E-state index is 5.50. The molecule has 160 valence electrons. The maximum absolute atomic E-state index is 5.50. The first-order chi connectivity index (χ1) is 14.6. The molecule has 3 aliphatic rings. The SMILES string of the molecule is CC1CCN(c2nc(Nc3ccc4c(c3)OCO4)nc(N3CCC(C)CC3)n2)CC1. The van der Waals surface area contributed by atoms with Crippen molar-refractivity contribution < 1.29 is 9.47 Å². The van der Waals surface area contributed by atoms with Crippen LogP contribution < -0.4 is 24.6 Å². The van der Waals surface area contributed by atoms with Gasteiger partial charge in [0.1, 0.15) is 0 Å². The molecule has 0 saturated carbocycles. The molecule has 2 saturated heterocycles. The summed E-state index contributed by atoms with van der Waals surface area (Å²) < 4.78 is 10.9. The average Bonchev–Trinajstić information content (AvgIpc) is 3.22. The van der Waals surface area contributed by atoms with Gasteiger partial charge in [-0.25, -0.2) is 0 Å². The Balaban J connectivity index is 1.43. The molecule has 0 bridgehead atoms. The summed E-state index contributed by atoms with van der Waals surface area (Å²) in [6.45, 7) is 8.86. The first-order valence-corrected chi connectivity index (χ1v) is 11.1. The number of aromatic nitrogens is 3. The highest BCUT2D eigenvalue weighted by molar-refractivity contribution is 5.61. The van der Waals surface area contributed by atoms with Crippen molar-refractivity contribution in [1.82, 2.24) is 15.0 Å². The third-order valence-corrected chi connectivity index (χ3v) is 6.37. The van der Waals surface area contributed by atoms with Gasteiger partial charge in [-0.1, -0.05) is 13.8 Å². The zero-order valence-electron chi connectivity index (χ0n) is 17.8. The molecule has 0 radical (unpaired) electrons. The van der Waals surface area contributed by atoms with Crippen LogP contribution in [-0.2, 0) is 0 Å². The number of piperidine rings is 2. The van der Waals surface area contributed by atoms with Crippen LogP contribution in [-0.4, -0.2) is 47.9 Å². The van der Waals surface area contributed by atoms with Crippen LogP contribution in [0.15, 0.2) is 18.2 Å². The highest BCUT2D eigenvalue weighted by atomic mass is 16.7. The molecule has 0 aliphatic carbocycles. The van der Waals surface area contributed by atoms with Crippen molar-refractivity contribution in [3.05, 3.63) is 18.2 Å². The van der Waals surface area contributed by atoms with E-state index in [9.17, 15) is 0 Å². The Kier molecular flexibility index (Phi) is 5.23. The summed E-state index contributed by atoms with van der Waals surface area (Å²) >= 11 is 0.